The highest BCUT2D eigenvalue weighted by Crippen LogP contribution is 2.18. The van der Waals surface area contributed by atoms with Gasteiger partial charge in [0.25, 0.3) is 5.91 Å². The van der Waals surface area contributed by atoms with Crippen LogP contribution in [0, 0.1) is 13.8 Å². The Balaban J connectivity index is 1.76. The maximum Gasteiger partial charge on any atom is 0.325 e. The van der Waals surface area contributed by atoms with E-state index in [4.69, 9.17) is 4.74 Å². The van der Waals surface area contributed by atoms with E-state index in [1.54, 1.807) is 13.8 Å². The molecule has 0 aliphatic carbocycles. The number of nitrogens with one attached hydrogen (secondary N) is 2. The first kappa shape index (κ1) is 17.8. The number of nitrogens with zero attached hydrogens (tertiary/aromatic N) is 1. The van der Waals surface area contributed by atoms with E-state index in [-0.39, 0.29) is 6.54 Å². The molecule has 1 aromatic rings. The highest BCUT2D eigenvalue weighted by molar-refractivity contribution is 6.08. The molecule has 2 N–H and O–H groups in total. The zero-order chi connectivity index (χ0) is 17.9. The van der Waals surface area contributed by atoms with E-state index < -0.39 is 23.4 Å². The average Bonchev–Trinajstić information content (AvgIpc) is 2.67. The number of rotatable bonds is 6. The van der Waals surface area contributed by atoms with Crippen LogP contribution >= 0.6 is 0 Å². The van der Waals surface area contributed by atoms with Gasteiger partial charge in [0.2, 0.25) is 5.91 Å². The maximum absolute atomic E-state index is 12.0. The van der Waals surface area contributed by atoms with Gasteiger partial charge in [-0.15, -0.1) is 0 Å². The molecule has 0 radical (unpaired) electrons. The predicted molar refractivity (Wildman–Crippen MR) is 88.7 cm³/mol. The number of carbonyl (C=O) groups excluding carboxylic acids is 3. The van der Waals surface area contributed by atoms with Crippen molar-refractivity contribution in [3.8, 4) is 5.75 Å². The molecule has 0 unspecified atom stereocenters. The first-order valence-corrected chi connectivity index (χ1v) is 7.81. The van der Waals surface area contributed by atoms with E-state index in [0.29, 0.717) is 13.2 Å². The van der Waals surface area contributed by atoms with E-state index in [9.17, 15) is 14.4 Å². The van der Waals surface area contributed by atoms with Crippen LogP contribution in [0.5, 0.6) is 5.75 Å². The largest absolute Gasteiger partial charge is 0.491 e. The highest BCUT2D eigenvalue weighted by atomic mass is 16.5. The van der Waals surface area contributed by atoms with Crippen LogP contribution < -0.4 is 15.4 Å². The fourth-order valence-corrected chi connectivity index (χ4v) is 2.47. The number of imide groups is 1. The van der Waals surface area contributed by atoms with Crippen LogP contribution in [0.15, 0.2) is 18.2 Å². The summed E-state index contributed by atoms with van der Waals surface area (Å²) in [5.41, 5.74) is 1.22. The summed E-state index contributed by atoms with van der Waals surface area (Å²) >= 11 is 0. The Morgan fingerprint density at radius 2 is 2.00 bits per heavy atom. The third kappa shape index (κ3) is 4.04. The summed E-state index contributed by atoms with van der Waals surface area (Å²) in [6.45, 7) is 7.47. The minimum atomic E-state index is -0.969. The molecular weight excluding hydrogens is 310 g/mol. The predicted octanol–water partition coefficient (Wildman–Crippen LogP) is 1.13. The summed E-state index contributed by atoms with van der Waals surface area (Å²) in [6.07, 6.45) is 0. The Kier molecular flexibility index (Phi) is 5.11. The molecule has 0 atom stereocenters. The van der Waals surface area contributed by atoms with Crippen molar-refractivity contribution in [2.24, 2.45) is 0 Å². The minimum Gasteiger partial charge on any atom is -0.491 e. The third-order valence-electron chi connectivity index (χ3n) is 3.76. The Morgan fingerprint density at radius 3 is 2.58 bits per heavy atom. The van der Waals surface area contributed by atoms with Crippen molar-refractivity contribution < 1.29 is 19.1 Å². The zero-order valence-corrected chi connectivity index (χ0v) is 14.4. The van der Waals surface area contributed by atoms with E-state index in [0.717, 1.165) is 21.8 Å². The van der Waals surface area contributed by atoms with Gasteiger partial charge in [0.1, 0.15) is 24.4 Å². The van der Waals surface area contributed by atoms with Crippen LogP contribution in [0.2, 0.25) is 0 Å². The van der Waals surface area contributed by atoms with Gasteiger partial charge >= 0.3 is 6.03 Å². The van der Waals surface area contributed by atoms with Gasteiger partial charge in [-0.2, -0.15) is 0 Å². The third-order valence-corrected chi connectivity index (χ3v) is 3.76. The van der Waals surface area contributed by atoms with Gasteiger partial charge in [-0.25, -0.2) is 4.79 Å². The molecule has 7 nitrogen and oxygen atoms in total. The fraction of sp³-hybridized carbons (Fsp3) is 0.471. The summed E-state index contributed by atoms with van der Waals surface area (Å²) in [5.74, 6) is -0.0414. The monoisotopic (exact) mass is 333 g/mol. The van der Waals surface area contributed by atoms with Crippen molar-refractivity contribution in [2.45, 2.75) is 33.2 Å². The molecule has 0 saturated carbocycles. The molecule has 1 aliphatic rings. The van der Waals surface area contributed by atoms with Crippen molar-refractivity contribution in [2.75, 3.05) is 19.7 Å². The second kappa shape index (κ2) is 6.90. The maximum atomic E-state index is 12.0. The van der Waals surface area contributed by atoms with Crippen molar-refractivity contribution in [3.63, 3.8) is 0 Å². The van der Waals surface area contributed by atoms with Crippen LogP contribution in [0.1, 0.15) is 25.0 Å². The van der Waals surface area contributed by atoms with Crippen molar-refractivity contribution in [3.05, 3.63) is 29.3 Å². The van der Waals surface area contributed by atoms with Crippen molar-refractivity contribution in [1.82, 2.24) is 15.5 Å². The lowest BCUT2D eigenvalue weighted by Crippen LogP contribution is -2.43. The number of ether oxygens (including phenoxy) is 1. The zero-order valence-electron chi connectivity index (χ0n) is 14.4. The molecule has 1 heterocycles. The number of hydrogen-bond acceptors (Lipinski definition) is 4. The molecule has 7 heteroatoms. The lowest BCUT2D eigenvalue weighted by atomic mass is 10.1. The fourth-order valence-electron chi connectivity index (χ4n) is 2.47. The van der Waals surface area contributed by atoms with E-state index in [1.807, 2.05) is 32.0 Å². The van der Waals surface area contributed by atoms with Gasteiger partial charge in [0, 0.05) is 0 Å². The highest BCUT2D eigenvalue weighted by Gasteiger charge is 2.44. The Hall–Kier alpha value is -2.57. The molecule has 2 rings (SSSR count). The van der Waals surface area contributed by atoms with Gasteiger partial charge in [-0.05, 0) is 39.3 Å². The first-order chi connectivity index (χ1) is 11.2. The van der Waals surface area contributed by atoms with E-state index in [1.165, 1.54) is 0 Å². The van der Waals surface area contributed by atoms with Crippen molar-refractivity contribution >= 4 is 17.8 Å². The topological polar surface area (TPSA) is 87.7 Å². The molecular formula is C17H23N3O4. The first-order valence-electron chi connectivity index (χ1n) is 7.81. The van der Waals surface area contributed by atoms with Crippen LogP contribution in [-0.2, 0) is 9.59 Å². The van der Waals surface area contributed by atoms with Gasteiger partial charge in [-0.1, -0.05) is 17.7 Å². The number of urea groups is 1. The van der Waals surface area contributed by atoms with E-state index in [2.05, 4.69) is 10.6 Å². The summed E-state index contributed by atoms with van der Waals surface area (Å²) in [6, 6.07) is 5.32. The van der Waals surface area contributed by atoms with Gasteiger partial charge in [0.05, 0.1) is 6.54 Å². The lowest BCUT2D eigenvalue weighted by molar-refractivity contribution is -0.134. The molecule has 1 aliphatic heterocycles. The molecule has 4 amide bonds. The molecule has 1 fully saturated rings. The molecule has 1 saturated heterocycles. The molecule has 24 heavy (non-hydrogen) atoms. The van der Waals surface area contributed by atoms with E-state index >= 15 is 0 Å². The SMILES string of the molecule is Cc1ccc(OCCNC(=O)CN2C(=O)NC(C)(C)C2=O)c(C)c1. The van der Waals surface area contributed by atoms with Gasteiger partial charge in [-0.3, -0.25) is 14.5 Å². The molecule has 1 aromatic carbocycles. The smallest absolute Gasteiger partial charge is 0.325 e. The standard InChI is InChI=1S/C17H23N3O4/c1-11-5-6-13(12(2)9-11)24-8-7-18-14(21)10-20-15(22)17(3,4)19-16(20)23/h5-6,9H,7-8,10H2,1-4H3,(H,18,21)(H,19,23). The molecule has 0 bridgehead atoms. The number of hydrogen-bond donors (Lipinski definition) is 2. The van der Waals surface area contributed by atoms with Crippen LogP contribution in [0.25, 0.3) is 0 Å². The quantitative estimate of drug-likeness (QED) is 0.603. The number of amides is 4. The van der Waals surface area contributed by atoms with Crippen LogP contribution in [0.3, 0.4) is 0 Å². The Morgan fingerprint density at radius 1 is 1.29 bits per heavy atom. The molecule has 0 aromatic heterocycles. The van der Waals surface area contributed by atoms with Crippen LogP contribution in [0.4, 0.5) is 4.79 Å². The minimum absolute atomic E-state index is 0.291. The molecule has 0 spiro atoms. The normalized spacial score (nSPS) is 16.1. The van der Waals surface area contributed by atoms with Gasteiger partial charge in [0.15, 0.2) is 0 Å². The number of benzene rings is 1. The summed E-state index contributed by atoms with van der Waals surface area (Å²) in [4.78, 5) is 36.5. The second-order valence-electron chi connectivity index (χ2n) is 6.41. The van der Waals surface area contributed by atoms with Crippen molar-refractivity contribution in [1.29, 1.82) is 0 Å². The molecule has 130 valence electrons. The summed E-state index contributed by atoms with van der Waals surface area (Å²) in [7, 11) is 0. The summed E-state index contributed by atoms with van der Waals surface area (Å²) < 4.78 is 5.61. The Labute approximate surface area is 141 Å². The lowest BCUT2D eigenvalue weighted by Gasteiger charge is -2.16. The summed E-state index contributed by atoms with van der Waals surface area (Å²) in [5, 5.41) is 5.17. The number of carbonyl (C=O) groups is 3. The van der Waals surface area contributed by atoms with Gasteiger partial charge < -0.3 is 15.4 Å². The van der Waals surface area contributed by atoms with Crippen LogP contribution in [-0.4, -0.2) is 48.0 Å². The number of aryl methyl sites for hydroxylation is 2. The average molecular weight is 333 g/mol. The Bertz CT molecular complexity index is 670. The second-order valence-corrected chi connectivity index (χ2v) is 6.41.